The summed E-state index contributed by atoms with van der Waals surface area (Å²) in [6, 6.07) is 20.8. The first-order chi connectivity index (χ1) is 24.9. The summed E-state index contributed by atoms with van der Waals surface area (Å²) in [5.41, 5.74) is -1.48. The van der Waals surface area contributed by atoms with Crippen molar-refractivity contribution in [3.8, 4) is 0 Å². The fraction of sp³-hybridized carbons (Fsp3) is 0.270. The molecule has 2 atom stereocenters. The van der Waals surface area contributed by atoms with Crippen LogP contribution in [0.5, 0.6) is 0 Å². The molecule has 4 aromatic rings. The number of hydrogen-bond donors (Lipinski definition) is 3. The molecule has 0 saturated heterocycles. The summed E-state index contributed by atoms with van der Waals surface area (Å²) in [4.78, 5) is 37.6. The summed E-state index contributed by atoms with van der Waals surface area (Å²) in [5, 5.41) is 14.1. The molecular formula is C37H35F8N3O5. The molecule has 2 unspecified atom stereocenters. The number of carbonyl (C=O) groups is 3. The molecule has 53 heavy (non-hydrogen) atoms. The molecular weight excluding hydrogens is 718 g/mol. The van der Waals surface area contributed by atoms with E-state index in [1.165, 1.54) is 19.0 Å². The number of nitrogens with zero attached hydrogens (tertiary/aromatic N) is 1. The van der Waals surface area contributed by atoms with E-state index in [1.54, 1.807) is 60.7 Å². The molecule has 16 heteroatoms. The van der Waals surface area contributed by atoms with E-state index in [0.717, 1.165) is 0 Å². The van der Waals surface area contributed by atoms with Crippen LogP contribution in [0.1, 0.15) is 45.2 Å². The van der Waals surface area contributed by atoms with Crippen molar-refractivity contribution in [2.75, 3.05) is 27.3 Å². The van der Waals surface area contributed by atoms with E-state index in [1.807, 2.05) is 0 Å². The molecule has 0 fully saturated rings. The van der Waals surface area contributed by atoms with Crippen molar-refractivity contribution in [2.45, 2.75) is 37.3 Å². The highest BCUT2D eigenvalue weighted by atomic mass is 19.4. The third-order valence-electron chi connectivity index (χ3n) is 7.61. The van der Waals surface area contributed by atoms with Crippen LogP contribution in [0.3, 0.4) is 0 Å². The minimum atomic E-state index is -4.63. The maximum Gasteiger partial charge on any atom is 0.416 e. The SMILES string of the molecule is CN(C)C(=O)OCC(C(=O)NCc1cc(C(F)(F)F)ccc1F)c1ccccc1.O=C(NCc1cc(C(F)(F)F)ccc1F)C(CO)c1ccccc1. The largest absolute Gasteiger partial charge is 0.448 e. The van der Waals surface area contributed by atoms with Crippen LogP contribution in [0.2, 0.25) is 0 Å². The van der Waals surface area contributed by atoms with Gasteiger partial charge in [0.15, 0.2) is 0 Å². The van der Waals surface area contributed by atoms with Crippen molar-refractivity contribution >= 4 is 17.9 Å². The number of ether oxygens (including phenoxy) is 1. The van der Waals surface area contributed by atoms with Crippen LogP contribution >= 0.6 is 0 Å². The Morgan fingerprint density at radius 3 is 1.43 bits per heavy atom. The average molecular weight is 754 g/mol. The van der Waals surface area contributed by atoms with Crippen molar-refractivity contribution in [3.05, 3.63) is 142 Å². The minimum Gasteiger partial charge on any atom is -0.448 e. The topological polar surface area (TPSA) is 108 Å². The van der Waals surface area contributed by atoms with Crippen LogP contribution < -0.4 is 10.6 Å². The number of halogens is 8. The molecule has 0 aliphatic heterocycles. The molecule has 8 nitrogen and oxygen atoms in total. The maximum atomic E-state index is 13.9. The van der Waals surface area contributed by atoms with Crippen molar-refractivity contribution in [3.63, 3.8) is 0 Å². The zero-order chi connectivity index (χ0) is 39.3. The molecule has 3 amide bonds. The highest BCUT2D eigenvalue weighted by Gasteiger charge is 2.32. The fourth-order valence-corrected chi connectivity index (χ4v) is 4.70. The molecule has 3 N–H and O–H groups in total. The summed E-state index contributed by atoms with van der Waals surface area (Å²) in [5.74, 6) is -4.70. The van der Waals surface area contributed by atoms with Gasteiger partial charge in [-0.25, -0.2) is 13.6 Å². The Labute approximate surface area is 299 Å². The molecule has 0 aromatic heterocycles. The van der Waals surface area contributed by atoms with Crippen LogP contribution in [0, 0.1) is 11.6 Å². The molecule has 0 aliphatic rings. The van der Waals surface area contributed by atoms with Gasteiger partial charge < -0.3 is 25.4 Å². The second-order valence-electron chi connectivity index (χ2n) is 11.6. The van der Waals surface area contributed by atoms with Gasteiger partial charge in [0.05, 0.1) is 29.6 Å². The van der Waals surface area contributed by atoms with Gasteiger partial charge in [-0.2, -0.15) is 26.3 Å². The highest BCUT2D eigenvalue weighted by molar-refractivity contribution is 5.84. The fourth-order valence-electron chi connectivity index (χ4n) is 4.70. The first kappa shape index (κ1) is 41.9. The summed E-state index contributed by atoms with van der Waals surface area (Å²) in [7, 11) is 2.96. The minimum absolute atomic E-state index is 0.275. The second-order valence-corrected chi connectivity index (χ2v) is 11.6. The Bertz CT molecular complexity index is 1820. The Morgan fingerprint density at radius 2 is 1.06 bits per heavy atom. The Kier molecular flexibility index (Phi) is 14.9. The highest BCUT2D eigenvalue weighted by Crippen LogP contribution is 2.31. The lowest BCUT2D eigenvalue weighted by molar-refractivity contribution is -0.138. The quantitative estimate of drug-likeness (QED) is 0.141. The molecule has 0 saturated carbocycles. The van der Waals surface area contributed by atoms with Crippen molar-refractivity contribution in [2.24, 2.45) is 0 Å². The molecule has 0 spiro atoms. The summed E-state index contributed by atoms with van der Waals surface area (Å²) >= 11 is 0. The number of alkyl halides is 6. The van der Waals surface area contributed by atoms with Gasteiger partial charge in [0.2, 0.25) is 11.8 Å². The summed E-state index contributed by atoms with van der Waals surface area (Å²) in [6.45, 7) is -1.60. The van der Waals surface area contributed by atoms with Gasteiger partial charge in [0.1, 0.15) is 18.2 Å². The van der Waals surface area contributed by atoms with E-state index >= 15 is 0 Å². The maximum absolute atomic E-state index is 13.9. The third-order valence-corrected chi connectivity index (χ3v) is 7.61. The van der Waals surface area contributed by atoms with E-state index in [-0.39, 0.29) is 17.7 Å². The zero-order valence-corrected chi connectivity index (χ0v) is 28.3. The number of aliphatic hydroxyl groups excluding tert-OH is 1. The Morgan fingerprint density at radius 1 is 0.660 bits per heavy atom. The van der Waals surface area contributed by atoms with Crippen molar-refractivity contribution in [1.82, 2.24) is 15.5 Å². The van der Waals surface area contributed by atoms with Crippen LogP contribution in [-0.4, -0.2) is 55.2 Å². The number of rotatable bonds is 11. The van der Waals surface area contributed by atoms with E-state index in [0.29, 0.717) is 47.5 Å². The number of aliphatic hydroxyl groups is 1. The van der Waals surface area contributed by atoms with Gasteiger partial charge in [-0.1, -0.05) is 60.7 Å². The first-order valence-corrected chi connectivity index (χ1v) is 15.7. The summed E-state index contributed by atoms with van der Waals surface area (Å²) < 4.78 is 109. The van der Waals surface area contributed by atoms with E-state index in [4.69, 9.17) is 4.74 Å². The van der Waals surface area contributed by atoms with Gasteiger partial charge in [0.25, 0.3) is 0 Å². The molecule has 284 valence electrons. The van der Waals surface area contributed by atoms with Gasteiger partial charge in [0, 0.05) is 38.3 Å². The predicted octanol–water partition coefficient (Wildman–Crippen LogP) is 7.18. The third kappa shape index (κ3) is 12.6. The molecule has 4 aromatic carbocycles. The van der Waals surface area contributed by atoms with Crippen molar-refractivity contribution in [1.29, 1.82) is 0 Å². The lowest BCUT2D eigenvalue weighted by Gasteiger charge is -2.19. The standard InChI is InChI=1S/C20H20F4N2O3.C17H15F4NO2/c1-26(2)19(28)29-12-16(13-6-4-3-5-7-13)18(27)25-11-14-10-15(20(22,23)24)8-9-17(14)21;18-15-7-6-13(17(19,20)21)8-12(15)9-22-16(24)14(10-23)11-4-2-1-3-5-11/h3-10,16H,11-12H2,1-2H3,(H,25,27);1-8,14,23H,9-10H2,(H,22,24). The van der Waals surface area contributed by atoms with Crippen LogP contribution in [0.25, 0.3) is 0 Å². The molecule has 4 rings (SSSR count). The number of nitrogens with one attached hydrogen (secondary N) is 2. The van der Waals surface area contributed by atoms with Crippen LogP contribution in [0.4, 0.5) is 39.9 Å². The number of benzene rings is 4. The van der Waals surface area contributed by atoms with E-state index < -0.39 is 84.6 Å². The molecule has 0 bridgehead atoms. The monoisotopic (exact) mass is 753 g/mol. The second kappa shape index (κ2) is 18.8. The van der Waals surface area contributed by atoms with Gasteiger partial charge in [-0.3, -0.25) is 9.59 Å². The van der Waals surface area contributed by atoms with Gasteiger partial charge in [-0.15, -0.1) is 0 Å². The number of carbonyl (C=O) groups excluding carboxylic acids is 3. The molecule has 0 aliphatic carbocycles. The Hall–Kier alpha value is -5.51. The average Bonchev–Trinajstić information content (AvgIpc) is 3.11. The van der Waals surface area contributed by atoms with Crippen LogP contribution in [-0.2, 0) is 39.8 Å². The smallest absolute Gasteiger partial charge is 0.416 e. The molecule has 0 heterocycles. The normalized spacial score (nSPS) is 12.4. The van der Waals surface area contributed by atoms with Crippen molar-refractivity contribution < 1.29 is 59.4 Å². The lowest BCUT2D eigenvalue weighted by Crippen LogP contribution is -2.34. The van der Waals surface area contributed by atoms with Gasteiger partial charge in [-0.05, 0) is 47.5 Å². The lowest BCUT2D eigenvalue weighted by atomic mass is 9.99. The first-order valence-electron chi connectivity index (χ1n) is 15.7. The number of hydrogen-bond acceptors (Lipinski definition) is 5. The van der Waals surface area contributed by atoms with Gasteiger partial charge >= 0.3 is 18.4 Å². The van der Waals surface area contributed by atoms with Crippen LogP contribution in [0.15, 0.2) is 97.1 Å². The predicted molar refractivity (Wildman–Crippen MR) is 177 cm³/mol. The van der Waals surface area contributed by atoms with E-state index in [2.05, 4.69) is 10.6 Å². The summed E-state index contributed by atoms with van der Waals surface area (Å²) in [6.07, 6.45) is -9.87. The molecule has 0 radical (unpaired) electrons. The zero-order valence-electron chi connectivity index (χ0n) is 28.3. The number of amides is 3. The Balaban J connectivity index is 0.000000290. The van der Waals surface area contributed by atoms with E-state index in [9.17, 15) is 54.6 Å².